The molecule has 7 nitrogen and oxygen atoms in total. The van der Waals surface area contributed by atoms with Crippen molar-refractivity contribution < 1.29 is 23.8 Å². The summed E-state index contributed by atoms with van der Waals surface area (Å²) >= 11 is 0. The Morgan fingerprint density at radius 2 is 1.18 bits per heavy atom. The number of rotatable bonds is 0. The molecule has 0 saturated carbocycles. The van der Waals surface area contributed by atoms with Crippen molar-refractivity contribution in [3.05, 3.63) is 0 Å². The molecule has 1 heterocycles. The second-order valence-corrected chi connectivity index (χ2v) is 3.42. The van der Waals surface area contributed by atoms with Gasteiger partial charge in [0.2, 0.25) is 11.8 Å². The Balaban J connectivity index is 2.23. The van der Waals surface area contributed by atoms with Crippen LogP contribution in [0.4, 0.5) is 0 Å². The Labute approximate surface area is 99.8 Å². The van der Waals surface area contributed by atoms with E-state index in [0.717, 1.165) is 0 Å². The van der Waals surface area contributed by atoms with E-state index in [1.54, 1.807) is 0 Å². The minimum atomic E-state index is -0.183. The zero-order valence-electron chi connectivity index (χ0n) is 9.70. The predicted molar refractivity (Wildman–Crippen MR) is 58.5 cm³/mol. The number of carbonyl (C=O) groups is 2. The van der Waals surface area contributed by atoms with Gasteiger partial charge in [-0.05, 0) is 0 Å². The molecule has 2 N–H and O–H groups in total. The molecule has 7 heteroatoms. The molecule has 0 atom stereocenters. The van der Waals surface area contributed by atoms with E-state index in [1.165, 1.54) is 0 Å². The van der Waals surface area contributed by atoms with Crippen LogP contribution in [0.3, 0.4) is 0 Å². The van der Waals surface area contributed by atoms with Gasteiger partial charge in [0.05, 0.1) is 26.4 Å². The lowest BCUT2D eigenvalue weighted by molar-refractivity contribution is -0.129. The molecular formula is C10H18N2O5. The predicted octanol–water partition coefficient (Wildman–Crippen LogP) is -1.72. The number of hydrogen-bond donors (Lipinski definition) is 2. The molecule has 1 aliphatic rings. The van der Waals surface area contributed by atoms with Gasteiger partial charge in [-0.25, -0.2) is 0 Å². The minimum Gasteiger partial charge on any atom is -0.378 e. The molecule has 0 aromatic carbocycles. The molecule has 1 rings (SSSR count). The van der Waals surface area contributed by atoms with Crippen molar-refractivity contribution in [3.63, 3.8) is 0 Å². The molecule has 1 fully saturated rings. The summed E-state index contributed by atoms with van der Waals surface area (Å²) in [7, 11) is 0. The molecule has 1 aliphatic heterocycles. The van der Waals surface area contributed by atoms with Crippen LogP contribution in [0.2, 0.25) is 0 Å². The van der Waals surface area contributed by atoms with Crippen molar-refractivity contribution in [1.82, 2.24) is 10.6 Å². The number of ether oxygens (including phenoxy) is 3. The van der Waals surface area contributed by atoms with Gasteiger partial charge in [-0.3, -0.25) is 9.59 Å². The monoisotopic (exact) mass is 246 g/mol. The van der Waals surface area contributed by atoms with E-state index in [0.29, 0.717) is 26.3 Å². The lowest BCUT2D eigenvalue weighted by Gasteiger charge is -2.06. The van der Waals surface area contributed by atoms with Gasteiger partial charge in [-0.2, -0.15) is 0 Å². The highest BCUT2D eigenvalue weighted by Crippen LogP contribution is 1.82. The molecule has 2 amide bonds. The van der Waals surface area contributed by atoms with E-state index < -0.39 is 0 Å². The average molecular weight is 246 g/mol. The Morgan fingerprint density at radius 3 is 1.65 bits per heavy atom. The number of hydrogen-bond acceptors (Lipinski definition) is 5. The standard InChI is InChI=1S/C10H18N2O5/c13-9-7-16-5-6-17-8-10(14)12-2-4-15-3-1-11-9/h1-8H2,(H,11,13)(H,12,14). The lowest BCUT2D eigenvalue weighted by atomic mass is 10.5. The quantitative estimate of drug-likeness (QED) is 0.531. The summed E-state index contributed by atoms with van der Waals surface area (Å²) in [4.78, 5) is 22.3. The highest BCUT2D eigenvalue weighted by Gasteiger charge is 2.03. The molecule has 0 unspecified atom stereocenters. The van der Waals surface area contributed by atoms with Crippen molar-refractivity contribution in [3.8, 4) is 0 Å². The topological polar surface area (TPSA) is 85.9 Å². The normalized spacial score (nSPS) is 21.9. The fourth-order valence-electron chi connectivity index (χ4n) is 1.18. The van der Waals surface area contributed by atoms with Gasteiger partial charge in [0, 0.05) is 13.1 Å². The summed E-state index contributed by atoms with van der Waals surface area (Å²) in [6.07, 6.45) is 0. The zero-order valence-corrected chi connectivity index (χ0v) is 9.70. The molecular weight excluding hydrogens is 228 g/mol. The van der Waals surface area contributed by atoms with Crippen LogP contribution in [0.5, 0.6) is 0 Å². The smallest absolute Gasteiger partial charge is 0.246 e. The molecule has 17 heavy (non-hydrogen) atoms. The first-order valence-electron chi connectivity index (χ1n) is 5.55. The third kappa shape index (κ3) is 7.67. The Hall–Kier alpha value is -1.18. The summed E-state index contributed by atoms with van der Waals surface area (Å²) in [5.74, 6) is -0.365. The van der Waals surface area contributed by atoms with Crippen molar-refractivity contribution in [1.29, 1.82) is 0 Å². The van der Waals surface area contributed by atoms with Crippen LogP contribution in [0, 0.1) is 0 Å². The van der Waals surface area contributed by atoms with Gasteiger partial charge < -0.3 is 24.8 Å². The first-order chi connectivity index (χ1) is 8.29. The lowest BCUT2D eigenvalue weighted by Crippen LogP contribution is -2.32. The third-order valence-electron chi connectivity index (χ3n) is 1.98. The molecule has 0 aliphatic carbocycles. The van der Waals surface area contributed by atoms with Gasteiger partial charge in [0.25, 0.3) is 0 Å². The molecule has 1 saturated heterocycles. The summed E-state index contributed by atoms with van der Waals surface area (Å²) in [6, 6.07) is 0. The molecule has 98 valence electrons. The summed E-state index contributed by atoms with van der Waals surface area (Å²) in [5.41, 5.74) is 0. The van der Waals surface area contributed by atoms with E-state index in [1.807, 2.05) is 0 Å². The summed E-state index contributed by atoms with van der Waals surface area (Å²) in [6.45, 7) is 2.27. The van der Waals surface area contributed by atoms with Crippen molar-refractivity contribution in [2.75, 3.05) is 52.7 Å². The summed E-state index contributed by atoms with van der Waals surface area (Å²) < 4.78 is 15.3. The maximum atomic E-state index is 11.2. The number of carbonyl (C=O) groups excluding carboxylic acids is 2. The van der Waals surface area contributed by atoms with Gasteiger partial charge in [-0.15, -0.1) is 0 Å². The average Bonchev–Trinajstić information content (AvgIpc) is 2.32. The third-order valence-corrected chi connectivity index (χ3v) is 1.98. The van der Waals surface area contributed by atoms with Gasteiger partial charge in [0.15, 0.2) is 0 Å². The second-order valence-electron chi connectivity index (χ2n) is 3.42. The SMILES string of the molecule is O=C1COCCOCC(=O)NCCOCCN1. The van der Waals surface area contributed by atoms with E-state index in [9.17, 15) is 9.59 Å². The van der Waals surface area contributed by atoms with E-state index >= 15 is 0 Å². The van der Waals surface area contributed by atoms with Crippen molar-refractivity contribution in [2.24, 2.45) is 0 Å². The zero-order chi connectivity index (χ0) is 12.3. The first kappa shape index (κ1) is 13.9. The van der Waals surface area contributed by atoms with Crippen LogP contribution in [0.1, 0.15) is 0 Å². The fraction of sp³-hybridized carbons (Fsp3) is 0.800. The number of nitrogens with one attached hydrogen (secondary N) is 2. The van der Waals surface area contributed by atoms with Crippen LogP contribution in [-0.4, -0.2) is 64.5 Å². The first-order valence-corrected chi connectivity index (χ1v) is 5.55. The minimum absolute atomic E-state index is 0.00441. The molecule has 0 bridgehead atoms. The van der Waals surface area contributed by atoms with Crippen LogP contribution in [-0.2, 0) is 23.8 Å². The Bertz CT molecular complexity index is 223. The highest BCUT2D eigenvalue weighted by molar-refractivity contribution is 5.77. The van der Waals surface area contributed by atoms with E-state index in [-0.39, 0.29) is 38.2 Å². The van der Waals surface area contributed by atoms with Gasteiger partial charge in [-0.1, -0.05) is 0 Å². The molecule has 0 aromatic heterocycles. The number of amides is 2. The maximum Gasteiger partial charge on any atom is 0.246 e. The largest absolute Gasteiger partial charge is 0.378 e. The Morgan fingerprint density at radius 1 is 0.706 bits per heavy atom. The highest BCUT2D eigenvalue weighted by atomic mass is 16.5. The second kappa shape index (κ2) is 8.91. The van der Waals surface area contributed by atoms with Crippen LogP contribution in [0.25, 0.3) is 0 Å². The van der Waals surface area contributed by atoms with Crippen molar-refractivity contribution in [2.45, 2.75) is 0 Å². The Kier molecular flexibility index (Phi) is 7.28. The van der Waals surface area contributed by atoms with Crippen LogP contribution < -0.4 is 10.6 Å². The molecule has 0 spiro atoms. The van der Waals surface area contributed by atoms with Crippen LogP contribution in [0.15, 0.2) is 0 Å². The van der Waals surface area contributed by atoms with Gasteiger partial charge in [0.1, 0.15) is 13.2 Å². The summed E-state index contributed by atoms with van der Waals surface area (Å²) in [5, 5.41) is 5.29. The maximum absolute atomic E-state index is 11.2. The van der Waals surface area contributed by atoms with E-state index in [2.05, 4.69) is 10.6 Å². The molecule has 0 aromatic rings. The molecule has 0 radical (unpaired) electrons. The van der Waals surface area contributed by atoms with E-state index in [4.69, 9.17) is 14.2 Å². The van der Waals surface area contributed by atoms with Gasteiger partial charge >= 0.3 is 0 Å². The fourth-order valence-corrected chi connectivity index (χ4v) is 1.18. The van der Waals surface area contributed by atoms with Crippen LogP contribution >= 0.6 is 0 Å². The van der Waals surface area contributed by atoms with Crippen molar-refractivity contribution >= 4 is 11.8 Å².